The van der Waals surface area contributed by atoms with E-state index < -0.39 is 34.0 Å². The Hall–Kier alpha value is -1.96. The highest BCUT2D eigenvalue weighted by molar-refractivity contribution is 7.91. The lowest BCUT2D eigenvalue weighted by Crippen LogP contribution is -2.42. The summed E-state index contributed by atoms with van der Waals surface area (Å²) in [5.41, 5.74) is 0. The standard InChI is InChI=1S/C18H24FNO5S/c1-13-4-2-3-5-16(13)20-17(21)12-25-18(22)10-11-26(23,24)15-8-6-14(19)7-9-15/h6-9,13,16H,2-5,10-12H2,1H3,(H,20,21)/t13-,16-/m1/s1. The van der Waals surface area contributed by atoms with Gasteiger partial charge in [0.1, 0.15) is 5.82 Å². The second-order valence-corrected chi connectivity index (χ2v) is 8.73. The largest absolute Gasteiger partial charge is 0.456 e. The van der Waals surface area contributed by atoms with Gasteiger partial charge < -0.3 is 10.1 Å². The van der Waals surface area contributed by atoms with Crippen LogP contribution in [0.1, 0.15) is 39.0 Å². The molecule has 0 aromatic heterocycles. The Kier molecular flexibility index (Phi) is 7.14. The maximum Gasteiger partial charge on any atom is 0.307 e. The van der Waals surface area contributed by atoms with Crippen molar-refractivity contribution in [2.45, 2.75) is 50.0 Å². The molecule has 0 saturated heterocycles. The van der Waals surface area contributed by atoms with Gasteiger partial charge in [0.05, 0.1) is 17.1 Å². The van der Waals surface area contributed by atoms with Crippen LogP contribution in [0.15, 0.2) is 29.2 Å². The number of sulfone groups is 1. The summed E-state index contributed by atoms with van der Waals surface area (Å²) in [4.78, 5) is 23.5. The van der Waals surface area contributed by atoms with Gasteiger partial charge in [-0.2, -0.15) is 0 Å². The van der Waals surface area contributed by atoms with E-state index in [0.717, 1.165) is 49.9 Å². The van der Waals surface area contributed by atoms with Crippen LogP contribution in [0.3, 0.4) is 0 Å². The lowest BCUT2D eigenvalue weighted by molar-refractivity contribution is -0.148. The van der Waals surface area contributed by atoms with E-state index in [2.05, 4.69) is 12.2 Å². The molecule has 8 heteroatoms. The molecule has 0 aliphatic heterocycles. The molecular weight excluding hydrogens is 361 g/mol. The Balaban J connectivity index is 1.74. The van der Waals surface area contributed by atoms with E-state index >= 15 is 0 Å². The molecule has 2 rings (SSSR count). The highest BCUT2D eigenvalue weighted by Crippen LogP contribution is 2.23. The zero-order chi connectivity index (χ0) is 19.2. The van der Waals surface area contributed by atoms with Crippen LogP contribution in [0.5, 0.6) is 0 Å². The second kappa shape index (κ2) is 9.12. The first kappa shape index (κ1) is 20.4. The van der Waals surface area contributed by atoms with Crippen molar-refractivity contribution in [2.24, 2.45) is 5.92 Å². The molecule has 0 bridgehead atoms. The smallest absolute Gasteiger partial charge is 0.307 e. The maximum atomic E-state index is 12.9. The molecule has 1 aliphatic carbocycles. The SMILES string of the molecule is C[C@@H]1CCCC[C@H]1NC(=O)COC(=O)CCS(=O)(=O)c1ccc(F)cc1. The molecule has 6 nitrogen and oxygen atoms in total. The summed E-state index contributed by atoms with van der Waals surface area (Å²) in [5, 5.41) is 2.86. The van der Waals surface area contributed by atoms with Crippen molar-refractivity contribution >= 4 is 21.7 Å². The van der Waals surface area contributed by atoms with Crippen LogP contribution < -0.4 is 5.32 Å². The monoisotopic (exact) mass is 385 g/mol. The number of esters is 1. The molecule has 144 valence electrons. The first-order valence-electron chi connectivity index (χ1n) is 8.71. The van der Waals surface area contributed by atoms with Crippen molar-refractivity contribution in [1.29, 1.82) is 0 Å². The predicted molar refractivity (Wildman–Crippen MR) is 93.6 cm³/mol. The van der Waals surface area contributed by atoms with Crippen molar-refractivity contribution in [1.82, 2.24) is 5.32 Å². The first-order valence-corrected chi connectivity index (χ1v) is 10.4. The quantitative estimate of drug-likeness (QED) is 0.574. The van der Waals surface area contributed by atoms with E-state index in [4.69, 9.17) is 4.74 Å². The summed E-state index contributed by atoms with van der Waals surface area (Å²) in [6.07, 6.45) is 3.83. The second-order valence-electron chi connectivity index (χ2n) is 6.62. The Morgan fingerprint density at radius 3 is 2.50 bits per heavy atom. The molecular formula is C18H24FNO5S. The van der Waals surface area contributed by atoms with Crippen molar-refractivity contribution < 1.29 is 27.1 Å². The fourth-order valence-electron chi connectivity index (χ4n) is 2.97. The third-order valence-corrected chi connectivity index (χ3v) is 6.30. The molecule has 26 heavy (non-hydrogen) atoms. The van der Waals surface area contributed by atoms with E-state index in [1.165, 1.54) is 0 Å². The molecule has 1 saturated carbocycles. The number of nitrogens with one attached hydrogen (secondary N) is 1. The van der Waals surface area contributed by atoms with Gasteiger partial charge in [0.2, 0.25) is 0 Å². The molecule has 1 aliphatic rings. The molecule has 1 fully saturated rings. The fraction of sp³-hybridized carbons (Fsp3) is 0.556. The molecule has 1 N–H and O–H groups in total. The summed E-state index contributed by atoms with van der Waals surface area (Å²) in [7, 11) is -3.71. The van der Waals surface area contributed by atoms with Crippen LogP contribution in [0.4, 0.5) is 4.39 Å². The molecule has 0 spiro atoms. The van der Waals surface area contributed by atoms with E-state index in [-0.39, 0.29) is 23.3 Å². The lowest BCUT2D eigenvalue weighted by atomic mass is 9.86. The maximum absolute atomic E-state index is 12.9. The molecule has 1 aromatic carbocycles. The number of hydrogen-bond acceptors (Lipinski definition) is 5. The Labute approximate surface area is 153 Å². The normalized spacial score (nSPS) is 20.4. The number of rotatable bonds is 7. The number of benzene rings is 1. The number of amides is 1. The van der Waals surface area contributed by atoms with Crippen LogP contribution in [0.2, 0.25) is 0 Å². The number of ether oxygens (including phenoxy) is 1. The van der Waals surface area contributed by atoms with Crippen molar-refractivity contribution in [3.8, 4) is 0 Å². The lowest BCUT2D eigenvalue weighted by Gasteiger charge is -2.29. The van der Waals surface area contributed by atoms with Gasteiger partial charge in [0, 0.05) is 6.04 Å². The van der Waals surface area contributed by atoms with Gasteiger partial charge in [-0.1, -0.05) is 19.8 Å². The first-order chi connectivity index (χ1) is 12.3. The number of carbonyl (C=O) groups excluding carboxylic acids is 2. The van der Waals surface area contributed by atoms with Crippen LogP contribution in [0.25, 0.3) is 0 Å². The molecule has 2 atom stereocenters. The molecule has 0 heterocycles. The minimum atomic E-state index is -3.71. The zero-order valence-corrected chi connectivity index (χ0v) is 15.6. The fourth-order valence-corrected chi connectivity index (χ4v) is 4.20. The summed E-state index contributed by atoms with van der Waals surface area (Å²) in [6, 6.07) is 4.47. The van der Waals surface area contributed by atoms with Gasteiger partial charge in [-0.15, -0.1) is 0 Å². The average Bonchev–Trinajstić information content (AvgIpc) is 2.60. The number of hydrogen-bond donors (Lipinski definition) is 1. The minimum absolute atomic E-state index is 0.0595. The van der Waals surface area contributed by atoms with Gasteiger partial charge in [-0.25, -0.2) is 12.8 Å². The van der Waals surface area contributed by atoms with Gasteiger partial charge in [-0.3, -0.25) is 9.59 Å². The van der Waals surface area contributed by atoms with Crippen molar-refractivity contribution in [3.05, 3.63) is 30.1 Å². The summed E-state index contributed by atoms with van der Waals surface area (Å²) >= 11 is 0. The third kappa shape index (κ3) is 6.09. The number of halogens is 1. The Morgan fingerprint density at radius 2 is 1.85 bits per heavy atom. The minimum Gasteiger partial charge on any atom is -0.456 e. The molecule has 0 radical (unpaired) electrons. The van der Waals surface area contributed by atoms with Gasteiger partial charge >= 0.3 is 5.97 Å². The zero-order valence-electron chi connectivity index (χ0n) is 14.7. The predicted octanol–water partition coefficient (Wildman–Crippen LogP) is 2.23. The van der Waals surface area contributed by atoms with Gasteiger partial charge in [0.15, 0.2) is 16.4 Å². The van der Waals surface area contributed by atoms with Crippen LogP contribution >= 0.6 is 0 Å². The van der Waals surface area contributed by atoms with Gasteiger partial charge in [0.25, 0.3) is 5.91 Å². The summed E-state index contributed by atoms with van der Waals surface area (Å²) < 4.78 is 41.9. The van der Waals surface area contributed by atoms with E-state index in [1.807, 2.05) is 0 Å². The topological polar surface area (TPSA) is 89.5 Å². The highest BCUT2D eigenvalue weighted by Gasteiger charge is 2.23. The average molecular weight is 385 g/mol. The Morgan fingerprint density at radius 1 is 1.19 bits per heavy atom. The number of carbonyl (C=O) groups is 2. The van der Waals surface area contributed by atoms with Gasteiger partial charge in [-0.05, 0) is 43.0 Å². The molecule has 0 unspecified atom stereocenters. The summed E-state index contributed by atoms with van der Waals surface area (Å²) in [5.74, 6) is -1.74. The van der Waals surface area contributed by atoms with E-state index in [1.54, 1.807) is 0 Å². The third-order valence-electron chi connectivity index (χ3n) is 4.57. The Bertz CT molecular complexity index is 732. The van der Waals surface area contributed by atoms with Crippen molar-refractivity contribution in [2.75, 3.05) is 12.4 Å². The van der Waals surface area contributed by atoms with E-state index in [0.29, 0.717) is 5.92 Å². The van der Waals surface area contributed by atoms with Crippen LogP contribution in [-0.4, -0.2) is 38.7 Å². The van der Waals surface area contributed by atoms with Crippen molar-refractivity contribution in [3.63, 3.8) is 0 Å². The highest BCUT2D eigenvalue weighted by atomic mass is 32.2. The summed E-state index contributed by atoms with van der Waals surface area (Å²) in [6.45, 7) is 1.66. The molecule has 1 amide bonds. The van der Waals surface area contributed by atoms with Crippen LogP contribution in [-0.2, 0) is 24.2 Å². The molecule has 1 aromatic rings. The van der Waals surface area contributed by atoms with E-state index in [9.17, 15) is 22.4 Å². The van der Waals surface area contributed by atoms with Crippen LogP contribution in [0, 0.1) is 11.7 Å².